The molecule has 26 nitrogen and oxygen atoms in total. The van der Waals surface area contributed by atoms with Crippen molar-refractivity contribution in [1.82, 2.24) is 10.6 Å². The molecule has 0 aromatic heterocycles. The van der Waals surface area contributed by atoms with E-state index in [-0.39, 0.29) is 12.8 Å². The SMILES string of the molecule is CCCCCCCCCCCCCCCCCCCCC(O)C(=O)NC(COC1OC(CO)C(O)C(O)C1OC1OC(COC2OC(CO)C(O)C(OC3OC(C)C(O)C(O)C3O)C2NC(C)=O)C(O)C(O)C1O)C(O)C(O)CCCCCCCCCCCCCCCC. The molecule has 0 spiro atoms. The van der Waals surface area contributed by atoms with Crippen LogP contribution in [0.4, 0.5) is 0 Å². The molecule has 0 radical (unpaired) electrons. The zero-order valence-electron chi connectivity index (χ0n) is 57.1. The molecule has 554 valence electrons. The van der Waals surface area contributed by atoms with Crippen LogP contribution in [0.25, 0.3) is 0 Å². The predicted molar refractivity (Wildman–Crippen MR) is 346 cm³/mol. The zero-order chi connectivity index (χ0) is 69.0. The van der Waals surface area contributed by atoms with Gasteiger partial charge in [-0.2, -0.15) is 0 Å². The number of carbonyl (C=O) groups excluding carboxylic acids is 2. The van der Waals surface area contributed by atoms with Crippen molar-refractivity contribution in [2.45, 2.75) is 393 Å². The summed E-state index contributed by atoms with van der Waals surface area (Å²) in [5.74, 6) is -1.55. The highest BCUT2D eigenvalue weighted by Gasteiger charge is 2.54. The van der Waals surface area contributed by atoms with Crippen LogP contribution in [0.1, 0.15) is 246 Å². The molecule has 0 aliphatic carbocycles. The van der Waals surface area contributed by atoms with E-state index in [4.69, 9.17) is 37.9 Å². The van der Waals surface area contributed by atoms with Gasteiger partial charge in [-0.1, -0.05) is 219 Å². The molecule has 24 unspecified atom stereocenters. The van der Waals surface area contributed by atoms with E-state index in [9.17, 15) is 81.1 Å². The highest BCUT2D eigenvalue weighted by molar-refractivity contribution is 5.80. The van der Waals surface area contributed by atoms with Gasteiger partial charge in [0, 0.05) is 6.92 Å². The van der Waals surface area contributed by atoms with Gasteiger partial charge < -0.3 is 120 Å². The summed E-state index contributed by atoms with van der Waals surface area (Å²) in [6.45, 7) is 3.80. The largest absolute Gasteiger partial charge is 0.394 e. The molecular weight excluding hydrogens is 1230 g/mol. The minimum Gasteiger partial charge on any atom is -0.394 e. The van der Waals surface area contributed by atoms with E-state index in [0.717, 1.165) is 64.7 Å². The monoisotopic (exact) mass is 1360 g/mol. The van der Waals surface area contributed by atoms with Gasteiger partial charge >= 0.3 is 0 Å². The number of unbranched alkanes of at least 4 members (excludes halogenated alkanes) is 30. The summed E-state index contributed by atoms with van der Waals surface area (Å²) < 4.78 is 47.2. The van der Waals surface area contributed by atoms with Crippen LogP contribution >= 0.6 is 0 Å². The second kappa shape index (κ2) is 48.0. The predicted octanol–water partition coefficient (Wildman–Crippen LogP) is 3.32. The molecule has 0 aromatic rings. The van der Waals surface area contributed by atoms with Crippen LogP contribution in [-0.2, 0) is 47.5 Å². The van der Waals surface area contributed by atoms with Crippen molar-refractivity contribution in [3.8, 4) is 0 Å². The van der Waals surface area contributed by atoms with Gasteiger partial charge in [0.2, 0.25) is 11.8 Å². The Morgan fingerprint density at radius 3 is 1.29 bits per heavy atom. The summed E-state index contributed by atoms with van der Waals surface area (Å²) in [6.07, 6.45) is -0.599. The van der Waals surface area contributed by atoms with Gasteiger partial charge in [-0.05, 0) is 19.8 Å². The van der Waals surface area contributed by atoms with Crippen LogP contribution in [0.2, 0.25) is 0 Å². The molecule has 0 aromatic carbocycles. The average Bonchev–Trinajstić information content (AvgIpc) is 0.799. The maximum atomic E-state index is 13.7. The number of hydrogen-bond donors (Lipinski definition) is 16. The first kappa shape index (κ1) is 84.5. The summed E-state index contributed by atoms with van der Waals surface area (Å²) in [5, 5.41) is 159. The fraction of sp³-hybridized carbons (Fsp3) is 0.971. The lowest BCUT2D eigenvalue weighted by molar-refractivity contribution is -0.373. The third kappa shape index (κ3) is 29.3. The van der Waals surface area contributed by atoms with Gasteiger partial charge in [-0.3, -0.25) is 9.59 Å². The van der Waals surface area contributed by atoms with E-state index in [1.54, 1.807) is 0 Å². The molecule has 24 atom stereocenters. The minimum absolute atomic E-state index is 0.124. The molecule has 4 rings (SSSR count). The Bertz CT molecular complexity index is 1940. The number of amides is 2. The molecule has 94 heavy (non-hydrogen) atoms. The van der Waals surface area contributed by atoms with Crippen LogP contribution in [0.3, 0.4) is 0 Å². The quantitative estimate of drug-likeness (QED) is 0.0388. The summed E-state index contributed by atoms with van der Waals surface area (Å²) in [6, 6.07) is -2.93. The van der Waals surface area contributed by atoms with E-state index < -0.39 is 185 Å². The average molecular weight is 1360 g/mol. The lowest BCUT2D eigenvalue weighted by Crippen LogP contribution is -2.68. The number of hydrogen-bond acceptors (Lipinski definition) is 24. The lowest BCUT2D eigenvalue weighted by Gasteiger charge is -2.48. The maximum Gasteiger partial charge on any atom is 0.249 e. The van der Waals surface area contributed by atoms with Crippen LogP contribution in [0.5, 0.6) is 0 Å². The molecule has 16 N–H and O–H groups in total. The van der Waals surface area contributed by atoms with Crippen molar-refractivity contribution in [3.05, 3.63) is 0 Å². The minimum atomic E-state index is -2.10. The second-order valence-electron chi connectivity index (χ2n) is 27.1. The van der Waals surface area contributed by atoms with E-state index >= 15 is 0 Å². The second-order valence-corrected chi connectivity index (χ2v) is 27.1. The van der Waals surface area contributed by atoms with Gasteiger partial charge in [0.15, 0.2) is 25.2 Å². The summed E-state index contributed by atoms with van der Waals surface area (Å²) >= 11 is 0. The molecule has 4 saturated heterocycles. The topological polar surface area (TPSA) is 415 Å². The molecule has 4 aliphatic rings. The van der Waals surface area contributed by atoms with Crippen molar-refractivity contribution < 1.29 is 119 Å². The summed E-state index contributed by atoms with van der Waals surface area (Å²) in [5.41, 5.74) is 0. The van der Waals surface area contributed by atoms with Crippen LogP contribution in [-0.4, -0.2) is 257 Å². The van der Waals surface area contributed by atoms with E-state index in [1.165, 1.54) is 142 Å². The Hall–Kier alpha value is -1.94. The Morgan fingerprint density at radius 2 is 0.819 bits per heavy atom. The van der Waals surface area contributed by atoms with Crippen molar-refractivity contribution in [3.63, 3.8) is 0 Å². The molecule has 4 aliphatic heterocycles. The molecule has 4 fully saturated rings. The Labute approximate surface area is 559 Å². The number of nitrogens with one attached hydrogen (secondary N) is 2. The molecule has 2 amide bonds. The fourth-order valence-electron chi connectivity index (χ4n) is 12.9. The molecule has 26 heteroatoms. The lowest BCUT2D eigenvalue weighted by atomic mass is 9.95. The number of aliphatic hydroxyl groups is 14. The van der Waals surface area contributed by atoms with Crippen molar-refractivity contribution >= 4 is 11.8 Å². The van der Waals surface area contributed by atoms with Crippen LogP contribution in [0.15, 0.2) is 0 Å². The summed E-state index contributed by atoms with van der Waals surface area (Å²) in [4.78, 5) is 26.3. The van der Waals surface area contributed by atoms with Gasteiger partial charge in [-0.25, -0.2) is 0 Å². The normalized spacial score (nSPS) is 32.8. The number of rotatable bonds is 51. The van der Waals surface area contributed by atoms with E-state index in [2.05, 4.69) is 24.5 Å². The first-order valence-electron chi connectivity index (χ1n) is 36.3. The smallest absolute Gasteiger partial charge is 0.249 e. The Kier molecular flexibility index (Phi) is 43.1. The third-order valence-electron chi connectivity index (χ3n) is 19.1. The van der Waals surface area contributed by atoms with Crippen molar-refractivity contribution in [2.24, 2.45) is 0 Å². The number of carbonyl (C=O) groups is 2. The molecule has 0 bridgehead atoms. The van der Waals surface area contributed by atoms with Gasteiger partial charge in [0.25, 0.3) is 0 Å². The van der Waals surface area contributed by atoms with E-state index in [1.807, 2.05) is 0 Å². The highest BCUT2D eigenvalue weighted by atomic mass is 16.8. The first-order valence-corrected chi connectivity index (χ1v) is 36.3. The molecule has 0 saturated carbocycles. The van der Waals surface area contributed by atoms with Crippen LogP contribution in [0, 0.1) is 0 Å². The zero-order valence-corrected chi connectivity index (χ0v) is 57.1. The van der Waals surface area contributed by atoms with Crippen LogP contribution < -0.4 is 10.6 Å². The standard InChI is InChI=1S/C68H128N2O24/c1-5-7-9-11-13-15-17-19-21-22-23-24-26-28-30-32-34-36-38-47(75)64(86)70-45(53(77)46(74)37-35-33-31-29-27-25-20-18-16-14-12-10-8-6-2)41-87-68-63(59(83)54(78)48(39-71)91-68)94-67-61(85)58(82)55(79)50(92-67)42-88-65-51(69-44(4)73)62(56(80)49(40-72)90-65)93-66-60(84)57(81)52(76)43(3)89-66/h43,45-63,65-68,71-72,74-85H,5-42H2,1-4H3,(H,69,73)(H,70,86). The van der Waals surface area contributed by atoms with E-state index in [0.29, 0.717) is 12.8 Å². The summed E-state index contributed by atoms with van der Waals surface area (Å²) in [7, 11) is 0. The van der Waals surface area contributed by atoms with Crippen molar-refractivity contribution in [2.75, 3.05) is 26.4 Å². The first-order chi connectivity index (χ1) is 45.2. The Balaban J connectivity index is 1.40. The fourth-order valence-corrected chi connectivity index (χ4v) is 12.9. The maximum absolute atomic E-state index is 13.7. The molecule has 4 heterocycles. The number of aliphatic hydroxyl groups excluding tert-OH is 14. The van der Waals surface area contributed by atoms with Gasteiger partial charge in [0.1, 0.15) is 104 Å². The van der Waals surface area contributed by atoms with Gasteiger partial charge in [0.05, 0.1) is 44.7 Å². The molecular formula is C68H128N2O24. The highest BCUT2D eigenvalue weighted by Crippen LogP contribution is 2.34. The Morgan fingerprint density at radius 1 is 0.426 bits per heavy atom. The third-order valence-corrected chi connectivity index (χ3v) is 19.1. The van der Waals surface area contributed by atoms with Gasteiger partial charge in [-0.15, -0.1) is 0 Å². The number of ether oxygens (including phenoxy) is 8. The van der Waals surface area contributed by atoms with Crippen molar-refractivity contribution in [1.29, 1.82) is 0 Å².